The number of ether oxygens (including phenoxy) is 1. The Labute approximate surface area is 144 Å². The van der Waals surface area contributed by atoms with Crippen molar-refractivity contribution in [1.82, 2.24) is 0 Å². The second-order valence-electron chi connectivity index (χ2n) is 5.01. The highest BCUT2D eigenvalue weighted by Crippen LogP contribution is 2.34. The summed E-state index contributed by atoms with van der Waals surface area (Å²) in [6, 6.07) is 16.5. The van der Waals surface area contributed by atoms with Gasteiger partial charge in [0.15, 0.2) is 0 Å². The first-order valence-corrected chi connectivity index (χ1v) is 8.14. The summed E-state index contributed by atoms with van der Waals surface area (Å²) in [5, 5.41) is -0.282. The normalized spacial score (nSPS) is 16.4. The number of nitrogens with zero attached hydrogens (tertiary/aromatic N) is 1. The lowest BCUT2D eigenvalue weighted by Crippen LogP contribution is -2.27. The summed E-state index contributed by atoms with van der Waals surface area (Å²) >= 11 is 0.945. The fourth-order valence-electron chi connectivity index (χ4n) is 2.24. The van der Waals surface area contributed by atoms with E-state index in [-0.39, 0.29) is 11.1 Å². The number of hydrogen-bond acceptors (Lipinski definition) is 4. The number of imide groups is 1. The molecule has 1 aliphatic rings. The third-order valence-electron chi connectivity index (χ3n) is 3.46. The van der Waals surface area contributed by atoms with Gasteiger partial charge in [0.2, 0.25) is 0 Å². The van der Waals surface area contributed by atoms with Crippen molar-refractivity contribution in [3.63, 3.8) is 0 Å². The average molecular weight is 337 g/mol. The van der Waals surface area contributed by atoms with Crippen LogP contribution in [-0.2, 0) is 4.79 Å². The molecule has 2 aromatic rings. The van der Waals surface area contributed by atoms with Gasteiger partial charge in [0.1, 0.15) is 5.75 Å². The van der Waals surface area contributed by atoms with Crippen LogP contribution in [0.2, 0.25) is 0 Å². The van der Waals surface area contributed by atoms with Crippen molar-refractivity contribution in [3.8, 4) is 5.75 Å². The Kier molecular flexibility index (Phi) is 4.82. The molecule has 24 heavy (non-hydrogen) atoms. The number of amides is 2. The molecule has 2 amide bonds. The third-order valence-corrected chi connectivity index (χ3v) is 4.35. The first-order chi connectivity index (χ1) is 11.7. The predicted octanol–water partition coefficient (Wildman–Crippen LogP) is 4.49. The van der Waals surface area contributed by atoms with Gasteiger partial charge in [-0.2, -0.15) is 0 Å². The van der Waals surface area contributed by atoms with Crippen molar-refractivity contribution in [1.29, 1.82) is 0 Å². The van der Waals surface area contributed by atoms with Crippen LogP contribution >= 0.6 is 11.8 Å². The van der Waals surface area contributed by atoms with Crippen molar-refractivity contribution >= 4 is 34.7 Å². The van der Waals surface area contributed by atoms with Crippen molar-refractivity contribution in [2.24, 2.45) is 0 Å². The first kappa shape index (κ1) is 16.1. The second kappa shape index (κ2) is 7.19. The number of rotatable bonds is 4. The Bertz CT molecular complexity index is 810. The second-order valence-corrected chi connectivity index (χ2v) is 6.00. The minimum Gasteiger partial charge on any atom is -0.497 e. The summed E-state index contributed by atoms with van der Waals surface area (Å²) in [6.45, 7) is 0. The fourth-order valence-corrected chi connectivity index (χ4v) is 3.04. The maximum Gasteiger partial charge on any atom is 0.298 e. The quantitative estimate of drug-likeness (QED) is 0.771. The smallest absolute Gasteiger partial charge is 0.298 e. The van der Waals surface area contributed by atoms with Crippen molar-refractivity contribution in [2.45, 2.75) is 0 Å². The largest absolute Gasteiger partial charge is 0.497 e. The van der Waals surface area contributed by atoms with E-state index in [1.165, 1.54) is 4.90 Å². The molecule has 0 radical (unpaired) electrons. The molecule has 2 aromatic carbocycles. The van der Waals surface area contributed by atoms with Crippen LogP contribution in [0.15, 0.2) is 71.7 Å². The molecular weight excluding hydrogens is 322 g/mol. The Morgan fingerprint density at radius 1 is 1.00 bits per heavy atom. The molecule has 0 aromatic heterocycles. The van der Waals surface area contributed by atoms with Crippen LogP contribution in [0.25, 0.3) is 6.08 Å². The molecule has 3 rings (SSSR count). The third kappa shape index (κ3) is 3.41. The molecule has 1 aliphatic heterocycles. The number of carbonyl (C=O) groups is 2. The van der Waals surface area contributed by atoms with E-state index < -0.39 is 0 Å². The Morgan fingerprint density at radius 2 is 1.71 bits per heavy atom. The van der Waals surface area contributed by atoms with E-state index in [0.29, 0.717) is 10.6 Å². The van der Waals surface area contributed by atoms with E-state index in [4.69, 9.17) is 4.74 Å². The van der Waals surface area contributed by atoms with Gasteiger partial charge in [-0.3, -0.25) is 9.59 Å². The van der Waals surface area contributed by atoms with Crippen LogP contribution < -0.4 is 9.64 Å². The molecule has 1 heterocycles. The Balaban J connectivity index is 1.75. The van der Waals surface area contributed by atoms with Crippen LogP contribution in [0.1, 0.15) is 5.56 Å². The van der Waals surface area contributed by atoms with Gasteiger partial charge >= 0.3 is 0 Å². The molecule has 0 N–H and O–H groups in total. The fraction of sp³-hybridized carbons (Fsp3) is 0.0526. The van der Waals surface area contributed by atoms with Crippen LogP contribution in [-0.4, -0.2) is 18.3 Å². The molecule has 0 saturated carbocycles. The SMILES string of the molecule is COc1ccc(/C=C/C=C2\SC(=O)N(c3ccccc3)C2=O)cc1. The number of anilines is 1. The zero-order chi connectivity index (χ0) is 16.9. The van der Waals surface area contributed by atoms with Crippen LogP contribution in [0, 0.1) is 0 Å². The van der Waals surface area contributed by atoms with Crippen LogP contribution in [0.4, 0.5) is 10.5 Å². The van der Waals surface area contributed by atoms with E-state index in [9.17, 15) is 9.59 Å². The molecule has 5 heteroatoms. The monoisotopic (exact) mass is 337 g/mol. The van der Waals surface area contributed by atoms with Crippen LogP contribution in [0.5, 0.6) is 5.75 Å². The summed E-state index contributed by atoms with van der Waals surface area (Å²) in [4.78, 5) is 26.1. The van der Waals surface area contributed by atoms with Gasteiger partial charge < -0.3 is 4.74 Å². The molecule has 0 spiro atoms. The summed E-state index contributed by atoms with van der Waals surface area (Å²) in [5.74, 6) is 0.492. The van der Waals surface area contributed by atoms with E-state index >= 15 is 0 Å². The zero-order valence-corrected chi connectivity index (χ0v) is 13.8. The van der Waals surface area contributed by atoms with Gasteiger partial charge in [-0.15, -0.1) is 0 Å². The molecule has 0 bridgehead atoms. The minimum absolute atomic E-state index is 0.282. The summed E-state index contributed by atoms with van der Waals surface area (Å²) in [5.41, 5.74) is 1.57. The number of thioether (sulfide) groups is 1. The highest BCUT2D eigenvalue weighted by atomic mass is 32.2. The van der Waals surface area contributed by atoms with Crippen molar-refractivity contribution in [2.75, 3.05) is 12.0 Å². The van der Waals surface area contributed by atoms with Gasteiger partial charge in [-0.05, 0) is 47.7 Å². The molecule has 1 saturated heterocycles. The van der Waals surface area contributed by atoms with Crippen molar-refractivity contribution < 1.29 is 14.3 Å². The number of hydrogen-bond donors (Lipinski definition) is 0. The molecule has 0 atom stereocenters. The molecule has 4 nitrogen and oxygen atoms in total. The summed E-state index contributed by atoms with van der Waals surface area (Å²) in [6.07, 6.45) is 5.30. The number of allylic oxidation sites excluding steroid dienone is 2. The summed E-state index contributed by atoms with van der Waals surface area (Å²) < 4.78 is 5.11. The number of carbonyl (C=O) groups excluding carboxylic acids is 2. The molecule has 0 unspecified atom stereocenters. The lowest BCUT2D eigenvalue weighted by atomic mass is 10.2. The highest BCUT2D eigenvalue weighted by Gasteiger charge is 2.35. The topological polar surface area (TPSA) is 46.6 Å². The highest BCUT2D eigenvalue weighted by molar-refractivity contribution is 8.18. The number of methoxy groups -OCH3 is 1. The van der Waals surface area contributed by atoms with E-state index in [0.717, 1.165) is 23.1 Å². The predicted molar refractivity (Wildman–Crippen MR) is 97.0 cm³/mol. The van der Waals surface area contributed by atoms with Gasteiger partial charge in [-0.25, -0.2) is 4.90 Å². The Morgan fingerprint density at radius 3 is 2.38 bits per heavy atom. The minimum atomic E-state index is -0.296. The van der Waals surface area contributed by atoms with Gasteiger partial charge in [0, 0.05) is 0 Å². The maximum atomic E-state index is 12.4. The van der Waals surface area contributed by atoms with Crippen molar-refractivity contribution in [3.05, 3.63) is 77.2 Å². The molecular formula is C19H15NO3S. The summed E-state index contributed by atoms with van der Waals surface area (Å²) in [7, 11) is 1.62. The molecule has 120 valence electrons. The van der Waals surface area contributed by atoms with Gasteiger partial charge in [-0.1, -0.05) is 42.5 Å². The van der Waals surface area contributed by atoms with E-state index in [1.54, 1.807) is 43.5 Å². The first-order valence-electron chi connectivity index (χ1n) is 7.33. The number of para-hydroxylation sites is 1. The molecule has 1 fully saturated rings. The lowest BCUT2D eigenvalue weighted by Gasteiger charge is -2.11. The zero-order valence-electron chi connectivity index (χ0n) is 13.0. The Hall–Kier alpha value is -2.79. The van der Waals surface area contributed by atoms with Gasteiger partial charge in [0.05, 0.1) is 17.7 Å². The standard InChI is InChI=1S/C19H15NO3S/c1-23-16-12-10-14(11-13-16)6-5-9-17-18(21)20(19(22)24-17)15-7-3-2-4-8-15/h2-13H,1H3/b6-5+,17-9-. The average Bonchev–Trinajstić information content (AvgIpc) is 2.90. The van der Waals surface area contributed by atoms with Crippen LogP contribution in [0.3, 0.4) is 0 Å². The maximum absolute atomic E-state index is 12.4. The number of benzene rings is 2. The molecule has 0 aliphatic carbocycles. The lowest BCUT2D eigenvalue weighted by molar-refractivity contribution is -0.113. The van der Waals surface area contributed by atoms with E-state index in [1.807, 2.05) is 36.4 Å². The van der Waals surface area contributed by atoms with E-state index in [2.05, 4.69) is 0 Å². The van der Waals surface area contributed by atoms with Gasteiger partial charge in [0.25, 0.3) is 11.1 Å².